The lowest BCUT2D eigenvalue weighted by atomic mass is 10.3. The van der Waals surface area contributed by atoms with Gasteiger partial charge in [-0.25, -0.2) is 9.97 Å². The molecular weight excluding hydrogens is 250 g/mol. The summed E-state index contributed by atoms with van der Waals surface area (Å²) in [7, 11) is 1.64. The number of unbranched alkanes of at least 4 members (excludes halogenated alkanes) is 1. The molecule has 100 valence electrons. The van der Waals surface area contributed by atoms with Gasteiger partial charge in [-0.2, -0.15) is 0 Å². The minimum atomic E-state index is 0.403. The number of methoxy groups -OCH3 is 1. The average Bonchev–Trinajstić information content (AvgIpc) is 3.14. The summed E-state index contributed by atoms with van der Waals surface area (Å²) in [5.41, 5.74) is 0. The Morgan fingerprint density at radius 1 is 1.44 bits per heavy atom. The molecule has 1 saturated carbocycles. The molecule has 1 heterocycles. The first-order chi connectivity index (χ1) is 8.74. The minimum Gasteiger partial charge on any atom is -0.377 e. The van der Waals surface area contributed by atoms with Gasteiger partial charge < -0.3 is 9.64 Å². The van der Waals surface area contributed by atoms with Crippen LogP contribution in [-0.2, 0) is 11.3 Å². The van der Waals surface area contributed by atoms with E-state index in [2.05, 4.69) is 21.8 Å². The van der Waals surface area contributed by atoms with E-state index in [0.29, 0.717) is 23.6 Å². The highest BCUT2D eigenvalue weighted by Crippen LogP contribution is 2.31. The molecule has 5 heteroatoms. The highest BCUT2D eigenvalue weighted by molar-refractivity contribution is 6.29. The first-order valence-electron chi connectivity index (χ1n) is 6.53. The average molecular weight is 270 g/mol. The molecule has 0 spiro atoms. The monoisotopic (exact) mass is 269 g/mol. The van der Waals surface area contributed by atoms with E-state index >= 15 is 0 Å². The zero-order chi connectivity index (χ0) is 13.0. The molecule has 0 unspecified atom stereocenters. The lowest BCUT2D eigenvalue weighted by molar-refractivity contribution is 0.178. The highest BCUT2D eigenvalue weighted by atomic mass is 35.5. The predicted octanol–water partition coefficient (Wildman–Crippen LogP) is 3.05. The summed E-state index contributed by atoms with van der Waals surface area (Å²) in [6.45, 7) is 3.65. The first kappa shape index (κ1) is 13.6. The van der Waals surface area contributed by atoms with Crippen molar-refractivity contribution < 1.29 is 4.74 Å². The van der Waals surface area contributed by atoms with Gasteiger partial charge in [0, 0.05) is 25.8 Å². The van der Waals surface area contributed by atoms with Crippen molar-refractivity contribution in [3.8, 4) is 0 Å². The summed E-state index contributed by atoms with van der Waals surface area (Å²) < 4.78 is 5.07. The van der Waals surface area contributed by atoms with E-state index in [1.54, 1.807) is 7.11 Å². The lowest BCUT2D eigenvalue weighted by Gasteiger charge is -2.23. The summed E-state index contributed by atoms with van der Waals surface area (Å²) in [6, 6.07) is 2.49. The van der Waals surface area contributed by atoms with Gasteiger partial charge in [0.15, 0.2) is 5.82 Å². The van der Waals surface area contributed by atoms with E-state index in [1.807, 2.05) is 6.07 Å². The molecule has 18 heavy (non-hydrogen) atoms. The van der Waals surface area contributed by atoms with Crippen LogP contribution in [0, 0.1) is 0 Å². The van der Waals surface area contributed by atoms with Crippen LogP contribution in [0.2, 0.25) is 5.15 Å². The molecule has 4 nitrogen and oxygen atoms in total. The van der Waals surface area contributed by atoms with E-state index in [1.165, 1.54) is 25.7 Å². The highest BCUT2D eigenvalue weighted by Gasteiger charge is 2.30. The third kappa shape index (κ3) is 3.56. The summed E-state index contributed by atoms with van der Waals surface area (Å²) in [5.74, 6) is 1.60. The molecular formula is C13H20ClN3O. The summed E-state index contributed by atoms with van der Waals surface area (Å²) in [6.07, 6.45) is 4.88. The van der Waals surface area contributed by atoms with Gasteiger partial charge in [0.05, 0.1) is 0 Å². The van der Waals surface area contributed by atoms with Crippen LogP contribution in [0.25, 0.3) is 0 Å². The molecule has 1 fully saturated rings. The van der Waals surface area contributed by atoms with Crippen LogP contribution in [0.3, 0.4) is 0 Å². The van der Waals surface area contributed by atoms with E-state index in [4.69, 9.17) is 16.3 Å². The van der Waals surface area contributed by atoms with E-state index in [0.717, 1.165) is 12.4 Å². The Morgan fingerprint density at radius 3 is 2.83 bits per heavy atom. The topological polar surface area (TPSA) is 38.2 Å². The molecule has 1 aromatic rings. The number of rotatable bonds is 7. The third-order valence-electron chi connectivity index (χ3n) is 3.04. The Hall–Kier alpha value is -0.870. The Labute approximate surface area is 113 Å². The van der Waals surface area contributed by atoms with Gasteiger partial charge in [-0.05, 0) is 19.3 Å². The number of halogens is 1. The summed E-state index contributed by atoms with van der Waals surface area (Å²) >= 11 is 6.06. The maximum atomic E-state index is 6.06. The molecule has 1 aliphatic carbocycles. The molecule has 0 amide bonds. The zero-order valence-corrected chi connectivity index (χ0v) is 11.8. The number of ether oxygens (including phenoxy) is 1. The van der Waals surface area contributed by atoms with Crippen molar-refractivity contribution in [2.75, 3.05) is 18.6 Å². The van der Waals surface area contributed by atoms with Crippen molar-refractivity contribution in [2.45, 2.75) is 45.3 Å². The van der Waals surface area contributed by atoms with Gasteiger partial charge in [0.1, 0.15) is 17.6 Å². The maximum absolute atomic E-state index is 6.06. The molecule has 0 atom stereocenters. The first-order valence-corrected chi connectivity index (χ1v) is 6.91. The fourth-order valence-corrected chi connectivity index (χ4v) is 2.19. The minimum absolute atomic E-state index is 0.403. The van der Waals surface area contributed by atoms with Crippen molar-refractivity contribution in [3.63, 3.8) is 0 Å². The van der Waals surface area contributed by atoms with Gasteiger partial charge in [0.25, 0.3) is 0 Å². The van der Waals surface area contributed by atoms with E-state index < -0.39 is 0 Å². The predicted molar refractivity (Wildman–Crippen MR) is 73.0 cm³/mol. The second kappa shape index (κ2) is 6.34. The van der Waals surface area contributed by atoms with Crippen LogP contribution in [0.4, 0.5) is 5.82 Å². The molecule has 1 aliphatic rings. The normalized spacial score (nSPS) is 14.8. The number of hydrogen-bond donors (Lipinski definition) is 0. The number of anilines is 1. The van der Waals surface area contributed by atoms with Gasteiger partial charge in [-0.1, -0.05) is 24.9 Å². The summed E-state index contributed by atoms with van der Waals surface area (Å²) in [4.78, 5) is 11.1. The smallest absolute Gasteiger partial charge is 0.158 e. The number of aromatic nitrogens is 2. The second-order valence-electron chi connectivity index (χ2n) is 4.68. The number of hydrogen-bond acceptors (Lipinski definition) is 4. The summed E-state index contributed by atoms with van der Waals surface area (Å²) in [5, 5.41) is 0.495. The van der Waals surface area contributed by atoms with Crippen LogP contribution in [0.1, 0.15) is 38.4 Å². The Bertz CT molecular complexity index is 396. The molecule has 1 aromatic heterocycles. The second-order valence-corrected chi connectivity index (χ2v) is 5.06. The largest absolute Gasteiger partial charge is 0.377 e. The molecule has 0 radical (unpaired) electrons. The van der Waals surface area contributed by atoms with Crippen molar-refractivity contribution in [1.82, 2.24) is 9.97 Å². The fraction of sp³-hybridized carbons (Fsp3) is 0.692. The van der Waals surface area contributed by atoms with Gasteiger partial charge in [-0.3, -0.25) is 0 Å². The maximum Gasteiger partial charge on any atom is 0.158 e. The van der Waals surface area contributed by atoms with Crippen molar-refractivity contribution in [2.24, 2.45) is 0 Å². The van der Waals surface area contributed by atoms with Crippen LogP contribution in [0.15, 0.2) is 6.07 Å². The van der Waals surface area contributed by atoms with E-state index in [9.17, 15) is 0 Å². The number of nitrogens with zero attached hydrogens (tertiary/aromatic N) is 3. The molecule has 0 aromatic carbocycles. The van der Waals surface area contributed by atoms with Crippen molar-refractivity contribution in [3.05, 3.63) is 17.0 Å². The lowest BCUT2D eigenvalue weighted by Crippen LogP contribution is -2.28. The van der Waals surface area contributed by atoms with Crippen LogP contribution in [0.5, 0.6) is 0 Å². The van der Waals surface area contributed by atoms with Crippen LogP contribution >= 0.6 is 11.6 Å². The Morgan fingerprint density at radius 2 is 2.22 bits per heavy atom. The third-order valence-corrected chi connectivity index (χ3v) is 3.23. The van der Waals surface area contributed by atoms with Gasteiger partial charge in [0.2, 0.25) is 0 Å². The molecule has 0 N–H and O–H groups in total. The van der Waals surface area contributed by atoms with E-state index in [-0.39, 0.29) is 0 Å². The van der Waals surface area contributed by atoms with Crippen molar-refractivity contribution in [1.29, 1.82) is 0 Å². The van der Waals surface area contributed by atoms with Gasteiger partial charge in [-0.15, -0.1) is 0 Å². The van der Waals surface area contributed by atoms with Crippen LogP contribution < -0.4 is 4.90 Å². The SMILES string of the molecule is CCCCN(c1cc(Cl)nc(COC)n1)C1CC1. The fourth-order valence-electron chi connectivity index (χ4n) is 1.99. The van der Waals surface area contributed by atoms with Crippen molar-refractivity contribution >= 4 is 17.4 Å². The quantitative estimate of drug-likeness (QED) is 0.713. The van der Waals surface area contributed by atoms with Gasteiger partial charge >= 0.3 is 0 Å². The Balaban J connectivity index is 2.17. The standard InChI is InChI=1S/C13H20ClN3O/c1-3-4-7-17(10-5-6-10)13-8-11(14)15-12(16-13)9-18-2/h8,10H,3-7,9H2,1-2H3. The molecule has 0 saturated heterocycles. The van der Waals surface area contributed by atoms with Crippen LogP contribution in [-0.4, -0.2) is 29.7 Å². The molecule has 0 aliphatic heterocycles. The zero-order valence-electron chi connectivity index (χ0n) is 11.0. The molecule has 0 bridgehead atoms. The molecule has 2 rings (SSSR count). The Kier molecular flexibility index (Phi) is 4.78.